The van der Waals surface area contributed by atoms with Crippen LogP contribution < -0.4 is 10.6 Å². The maximum atomic E-state index is 13.2. The third kappa shape index (κ3) is 4.45. The third-order valence-corrected chi connectivity index (χ3v) is 4.00. The molecule has 4 nitrogen and oxygen atoms in total. The summed E-state index contributed by atoms with van der Waals surface area (Å²) in [5.41, 5.74) is 2.46. The van der Waals surface area contributed by atoms with Crippen LogP contribution >= 0.6 is 0 Å². The van der Waals surface area contributed by atoms with Crippen LogP contribution in [0, 0.1) is 11.6 Å². The molecule has 2 aromatic rings. The van der Waals surface area contributed by atoms with Crippen molar-refractivity contribution in [2.24, 2.45) is 0 Å². The number of nitrogens with one attached hydrogen (secondary N) is 2. The average molecular weight is 360 g/mol. The van der Waals surface area contributed by atoms with E-state index in [-0.39, 0.29) is 17.5 Å². The van der Waals surface area contributed by atoms with Crippen LogP contribution in [0.5, 0.6) is 0 Å². The predicted molar refractivity (Wildman–Crippen MR) is 98.2 cm³/mol. The molecular formula is C20H22F2N2O2. The number of para-hydroxylation sites is 1. The highest BCUT2D eigenvalue weighted by Crippen LogP contribution is 2.32. The third-order valence-electron chi connectivity index (χ3n) is 4.00. The highest BCUT2D eigenvalue weighted by Gasteiger charge is 2.20. The lowest BCUT2D eigenvalue weighted by Gasteiger charge is -2.20. The molecule has 2 aromatic carbocycles. The fourth-order valence-electron chi connectivity index (χ4n) is 2.63. The van der Waals surface area contributed by atoms with E-state index in [0.29, 0.717) is 5.69 Å². The summed E-state index contributed by atoms with van der Waals surface area (Å²) in [6, 6.07) is 8.61. The summed E-state index contributed by atoms with van der Waals surface area (Å²) in [4.78, 5) is 24.5. The van der Waals surface area contributed by atoms with Gasteiger partial charge in [0.1, 0.15) is 0 Å². The fraction of sp³-hybridized carbons (Fsp3) is 0.300. The molecule has 0 aliphatic heterocycles. The van der Waals surface area contributed by atoms with Gasteiger partial charge in [-0.1, -0.05) is 45.9 Å². The summed E-state index contributed by atoms with van der Waals surface area (Å²) in [6.07, 6.45) is 0. The highest BCUT2D eigenvalue weighted by molar-refractivity contribution is 6.43. The molecule has 2 N–H and O–H groups in total. The molecule has 0 fully saturated rings. The zero-order valence-electron chi connectivity index (χ0n) is 15.2. The molecule has 0 aliphatic rings. The van der Waals surface area contributed by atoms with E-state index in [1.807, 2.05) is 45.9 Å². The number of halogens is 2. The molecule has 2 rings (SSSR count). The van der Waals surface area contributed by atoms with Gasteiger partial charge in [0.2, 0.25) is 0 Å². The minimum absolute atomic E-state index is 0.00489. The number of hydrogen-bond donors (Lipinski definition) is 2. The number of rotatable bonds is 4. The summed E-state index contributed by atoms with van der Waals surface area (Å²) < 4.78 is 26.2. The molecule has 0 radical (unpaired) electrons. The van der Waals surface area contributed by atoms with Crippen LogP contribution in [0.15, 0.2) is 36.4 Å². The summed E-state index contributed by atoms with van der Waals surface area (Å²) in [5.74, 6) is -3.65. The Balaban J connectivity index is 2.23. The quantitative estimate of drug-likeness (QED) is 0.770. The Kier molecular flexibility index (Phi) is 6.08. The molecule has 0 aliphatic carbocycles. The zero-order chi connectivity index (χ0) is 19.4. The molecule has 6 heteroatoms. The van der Waals surface area contributed by atoms with Crippen molar-refractivity contribution in [3.05, 3.63) is 59.2 Å². The van der Waals surface area contributed by atoms with Gasteiger partial charge in [-0.05, 0) is 35.1 Å². The van der Waals surface area contributed by atoms with Gasteiger partial charge >= 0.3 is 11.8 Å². The Bertz CT molecular complexity index is 806. The van der Waals surface area contributed by atoms with Crippen molar-refractivity contribution >= 4 is 23.2 Å². The number of hydrogen-bond acceptors (Lipinski definition) is 2. The minimum atomic E-state index is -1.10. The Hall–Kier alpha value is -2.76. The molecule has 26 heavy (non-hydrogen) atoms. The van der Waals surface area contributed by atoms with Gasteiger partial charge in [0.25, 0.3) is 0 Å². The number of benzene rings is 2. The molecular weight excluding hydrogens is 338 g/mol. The Labute approximate surface area is 151 Å². The van der Waals surface area contributed by atoms with Crippen molar-refractivity contribution in [3.8, 4) is 0 Å². The molecule has 0 bridgehead atoms. The molecule has 0 atom stereocenters. The lowest BCUT2D eigenvalue weighted by molar-refractivity contribution is -0.133. The topological polar surface area (TPSA) is 58.2 Å². The van der Waals surface area contributed by atoms with Crippen LogP contribution in [-0.2, 0) is 9.59 Å². The van der Waals surface area contributed by atoms with Crippen LogP contribution in [0.1, 0.15) is 50.7 Å². The monoisotopic (exact) mass is 360 g/mol. The first kappa shape index (κ1) is 19.6. The van der Waals surface area contributed by atoms with Gasteiger partial charge in [0.15, 0.2) is 11.6 Å². The maximum Gasteiger partial charge on any atom is 0.314 e. The molecule has 2 amide bonds. The maximum absolute atomic E-state index is 13.2. The van der Waals surface area contributed by atoms with Crippen molar-refractivity contribution in [2.75, 3.05) is 10.6 Å². The van der Waals surface area contributed by atoms with Crippen molar-refractivity contribution in [1.82, 2.24) is 0 Å². The Morgan fingerprint density at radius 2 is 1.35 bits per heavy atom. The van der Waals surface area contributed by atoms with E-state index in [0.717, 1.165) is 23.3 Å². The van der Waals surface area contributed by atoms with Crippen LogP contribution in [0.4, 0.5) is 20.2 Å². The first-order valence-electron chi connectivity index (χ1n) is 8.41. The lowest BCUT2D eigenvalue weighted by atomic mass is 9.92. The van der Waals surface area contributed by atoms with Crippen molar-refractivity contribution in [1.29, 1.82) is 0 Å². The molecule has 0 unspecified atom stereocenters. The van der Waals surface area contributed by atoms with Gasteiger partial charge in [-0.3, -0.25) is 9.59 Å². The molecule has 0 saturated carbocycles. The van der Waals surface area contributed by atoms with E-state index in [1.54, 1.807) is 0 Å². The fourth-order valence-corrected chi connectivity index (χ4v) is 2.63. The zero-order valence-corrected chi connectivity index (χ0v) is 15.2. The second kappa shape index (κ2) is 8.08. The molecule has 0 heterocycles. The Morgan fingerprint density at radius 1 is 0.808 bits per heavy atom. The van der Waals surface area contributed by atoms with Crippen LogP contribution in [0.2, 0.25) is 0 Å². The summed E-state index contributed by atoms with van der Waals surface area (Å²) >= 11 is 0. The molecule has 0 aromatic heterocycles. The van der Waals surface area contributed by atoms with Crippen molar-refractivity contribution in [2.45, 2.75) is 39.5 Å². The first-order valence-corrected chi connectivity index (χ1v) is 8.41. The summed E-state index contributed by atoms with van der Waals surface area (Å²) in [6.45, 7) is 7.99. The number of anilines is 2. The number of amides is 2. The number of carbonyl (C=O) groups excluding carboxylic acids is 2. The second-order valence-electron chi connectivity index (χ2n) is 6.66. The standard InChI is InChI=1S/C20H22F2N2O2/c1-11(2)14-6-5-7-15(12(3)4)18(14)24-20(26)19(25)23-13-8-9-16(21)17(22)10-13/h5-12H,1-4H3,(H,23,25)(H,24,26). The number of carbonyl (C=O) groups is 2. The lowest BCUT2D eigenvalue weighted by Crippen LogP contribution is -2.30. The van der Waals surface area contributed by atoms with Crippen molar-refractivity contribution in [3.63, 3.8) is 0 Å². The van der Waals surface area contributed by atoms with E-state index in [9.17, 15) is 18.4 Å². The molecule has 0 saturated heterocycles. The average Bonchev–Trinajstić information content (AvgIpc) is 2.57. The normalized spacial score (nSPS) is 10.9. The van der Waals surface area contributed by atoms with E-state index in [2.05, 4.69) is 10.6 Å². The van der Waals surface area contributed by atoms with Gasteiger partial charge in [0, 0.05) is 17.4 Å². The van der Waals surface area contributed by atoms with Gasteiger partial charge in [-0.2, -0.15) is 0 Å². The SMILES string of the molecule is CC(C)c1cccc(C(C)C)c1NC(=O)C(=O)Nc1ccc(F)c(F)c1. The van der Waals surface area contributed by atoms with Gasteiger partial charge in [-0.15, -0.1) is 0 Å². The molecule has 0 spiro atoms. The highest BCUT2D eigenvalue weighted by atomic mass is 19.2. The van der Waals surface area contributed by atoms with Crippen LogP contribution in [0.25, 0.3) is 0 Å². The van der Waals surface area contributed by atoms with Gasteiger partial charge in [0.05, 0.1) is 0 Å². The van der Waals surface area contributed by atoms with E-state index in [1.165, 1.54) is 6.07 Å². The molecule has 138 valence electrons. The Morgan fingerprint density at radius 3 is 1.85 bits per heavy atom. The summed E-state index contributed by atoms with van der Waals surface area (Å²) in [5, 5.41) is 4.94. The van der Waals surface area contributed by atoms with E-state index >= 15 is 0 Å². The van der Waals surface area contributed by atoms with Crippen molar-refractivity contribution < 1.29 is 18.4 Å². The first-order chi connectivity index (χ1) is 12.2. The van der Waals surface area contributed by atoms with E-state index in [4.69, 9.17) is 0 Å². The van der Waals surface area contributed by atoms with Crippen LogP contribution in [-0.4, -0.2) is 11.8 Å². The largest absolute Gasteiger partial charge is 0.318 e. The minimum Gasteiger partial charge on any atom is -0.318 e. The smallest absolute Gasteiger partial charge is 0.314 e. The predicted octanol–water partition coefficient (Wildman–Crippen LogP) is 4.79. The summed E-state index contributed by atoms with van der Waals surface area (Å²) in [7, 11) is 0. The van der Waals surface area contributed by atoms with Gasteiger partial charge < -0.3 is 10.6 Å². The van der Waals surface area contributed by atoms with E-state index < -0.39 is 23.4 Å². The van der Waals surface area contributed by atoms with Gasteiger partial charge in [-0.25, -0.2) is 8.78 Å². The second-order valence-corrected chi connectivity index (χ2v) is 6.66. The van der Waals surface area contributed by atoms with Crippen LogP contribution in [0.3, 0.4) is 0 Å².